The Kier molecular flexibility index (Phi) is 6.58. The Morgan fingerprint density at radius 2 is 1.86 bits per heavy atom. The van der Waals surface area contributed by atoms with Gasteiger partial charge in [0.2, 0.25) is 11.8 Å². The zero-order chi connectivity index (χ0) is 15.8. The van der Waals surface area contributed by atoms with Gasteiger partial charge in [-0.1, -0.05) is 13.3 Å². The molecule has 116 valence electrons. The molecule has 0 aromatic heterocycles. The van der Waals surface area contributed by atoms with Crippen molar-refractivity contribution in [2.24, 2.45) is 11.7 Å². The molecule has 1 aliphatic rings. The zero-order valence-corrected chi connectivity index (χ0v) is 12.1. The quantitative estimate of drug-likeness (QED) is 0.450. The number of hydrogen-bond acceptors (Lipinski definition) is 4. The van der Waals surface area contributed by atoms with Gasteiger partial charge in [-0.15, -0.1) is 0 Å². The molecule has 0 spiro atoms. The average molecular weight is 295 g/mol. The summed E-state index contributed by atoms with van der Waals surface area (Å²) in [6.45, 7) is 2.37. The maximum atomic E-state index is 11.6. The summed E-state index contributed by atoms with van der Waals surface area (Å²) < 4.78 is 0. The molecule has 1 rings (SSSR count). The van der Waals surface area contributed by atoms with Crippen LogP contribution in [-0.4, -0.2) is 41.6 Å². The van der Waals surface area contributed by atoms with Crippen LogP contribution in [0.2, 0.25) is 0 Å². The number of imide groups is 1. The number of nitrogens with two attached hydrogens (primary N) is 1. The number of nitrogens with one attached hydrogen (secondary N) is 1. The molecule has 0 saturated carbocycles. The van der Waals surface area contributed by atoms with E-state index in [4.69, 9.17) is 5.73 Å². The second-order valence-electron chi connectivity index (χ2n) is 5.06. The van der Waals surface area contributed by atoms with Gasteiger partial charge >= 0.3 is 0 Å². The molecule has 21 heavy (non-hydrogen) atoms. The van der Waals surface area contributed by atoms with E-state index in [0.29, 0.717) is 13.0 Å². The van der Waals surface area contributed by atoms with Crippen LogP contribution in [0.1, 0.15) is 32.6 Å². The van der Waals surface area contributed by atoms with Gasteiger partial charge in [-0.2, -0.15) is 0 Å². The summed E-state index contributed by atoms with van der Waals surface area (Å²) in [6.07, 6.45) is 4.74. The van der Waals surface area contributed by atoms with E-state index < -0.39 is 0 Å². The molecule has 1 aliphatic heterocycles. The summed E-state index contributed by atoms with van der Waals surface area (Å²) in [6, 6.07) is 0. The predicted octanol–water partition coefficient (Wildman–Crippen LogP) is -0.291. The SMILES string of the molecule is C[C@@H](CCCCNC(=O)CCN1C(=O)C=CC1=O)C(N)=O. The van der Waals surface area contributed by atoms with Gasteiger partial charge in [0.05, 0.1) is 0 Å². The zero-order valence-electron chi connectivity index (χ0n) is 12.1. The molecule has 0 aliphatic carbocycles. The number of nitrogens with zero attached hydrogens (tertiary/aromatic N) is 1. The highest BCUT2D eigenvalue weighted by Crippen LogP contribution is 2.06. The average Bonchev–Trinajstić information content (AvgIpc) is 2.75. The second-order valence-corrected chi connectivity index (χ2v) is 5.06. The Morgan fingerprint density at radius 1 is 1.24 bits per heavy atom. The van der Waals surface area contributed by atoms with Crippen molar-refractivity contribution in [3.05, 3.63) is 12.2 Å². The number of unbranched alkanes of at least 4 members (excludes halogenated alkanes) is 1. The van der Waals surface area contributed by atoms with E-state index in [2.05, 4.69) is 5.32 Å². The number of hydrogen-bond donors (Lipinski definition) is 2. The van der Waals surface area contributed by atoms with Crippen LogP contribution in [0.3, 0.4) is 0 Å². The van der Waals surface area contributed by atoms with Crippen molar-refractivity contribution in [1.29, 1.82) is 0 Å². The molecule has 0 bridgehead atoms. The van der Waals surface area contributed by atoms with Crippen molar-refractivity contribution in [2.45, 2.75) is 32.6 Å². The Bertz CT molecular complexity index is 441. The first-order chi connectivity index (χ1) is 9.91. The molecule has 7 nitrogen and oxygen atoms in total. The maximum Gasteiger partial charge on any atom is 0.253 e. The summed E-state index contributed by atoms with van der Waals surface area (Å²) in [4.78, 5) is 46.0. The van der Waals surface area contributed by atoms with E-state index in [1.807, 2.05) is 0 Å². The van der Waals surface area contributed by atoms with Gasteiger partial charge in [-0.05, 0) is 12.8 Å². The molecular formula is C14H21N3O4. The first-order valence-corrected chi connectivity index (χ1v) is 7.01. The lowest BCUT2D eigenvalue weighted by atomic mass is 10.0. The molecular weight excluding hydrogens is 274 g/mol. The van der Waals surface area contributed by atoms with Crippen molar-refractivity contribution >= 4 is 23.6 Å². The molecule has 4 amide bonds. The van der Waals surface area contributed by atoms with Crippen LogP contribution in [0.5, 0.6) is 0 Å². The number of amides is 4. The second kappa shape index (κ2) is 8.18. The van der Waals surface area contributed by atoms with Crippen molar-refractivity contribution < 1.29 is 19.2 Å². The topological polar surface area (TPSA) is 110 Å². The largest absolute Gasteiger partial charge is 0.369 e. The predicted molar refractivity (Wildman–Crippen MR) is 75.7 cm³/mol. The van der Waals surface area contributed by atoms with Crippen LogP contribution in [0, 0.1) is 5.92 Å². The number of primary amides is 1. The highest BCUT2D eigenvalue weighted by Gasteiger charge is 2.23. The van der Waals surface area contributed by atoms with Crippen LogP contribution in [0.25, 0.3) is 0 Å². The third-order valence-electron chi connectivity index (χ3n) is 3.33. The summed E-state index contributed by atoms with van der Waals surface area (Å²) in [5.41, 5.74) is 5.15. The number of rotatable bonds is 9. The fourth-order valence-electron chi connectivity index (χ4n) is 1.90. The number of carbonyl (C=O) groups is 4. The molecule has 0 aromatic carbocycles. The normalized spacial score (nSPS) is 15.4. The molecule has 7 heteroatoms. The minimum Gasteiger partial charge on any atom is -0.369 e. The smallest absolute Gasteiger partial charge is 0.253 e. The lowest BCUT2D eigenvalue weighted by molar-refractivity contribution is -0.137. The molecule has 0 fully saturated rings. The van der Waals surface area contributed by atoms with Crippen LogP contribution < -0.4 is 11.1 Å². The van der Waals surface area contributed by atoms with Crippen molar-refractivity contribution in [3.8, 4) is 0 Å². The number of carbonyl (C=O) groups excluding carboxylic acids is 4. The van der Waals surface area contributed by atoms with Gasteiger partial charge in [0.1, 0.15) is 0 Å². The van der Waals surface area contributed by atoms with Gasteiger partial charge in [0.25, 0.3) is 11.8 Å². The fourth-order valence-corrected chi connectivity index (χ4v) is 1.90. The van der Waals surface area contributed by atoms with E-state index in [1.165, 1.54) is 12.2 Å². The first kappa shape index (κ1) is 16.9. The summed E-state index contributed by atoms with van der Waals surface area (Å²) >= 11 is 0. The summed E-state index contributed by atoms with van der Waals surface area (Å²) in [7, 11) is 0. The molecule has 0 radical (unpaired) electrons. The van der Waals surface area contributed by atoms with Gasteiger partial charge in [-0.25, -0.2) is 0 Å². The third-order valence-corrected chi connectivity index (χ3v) is 3.33. The fraction of sp³-hybridized carbons (Fsp3) is 0.571. The summed E-state index contributed by atoms with van der Waals surface area (Å²) in [5.74, 6) is -1.43. The molecule has 3 N–H and O–H groups in total. The Hall–Kier alpha value is -2.18. The monoisotopic (exact) mass is 295 g/mol. The van der Waals surface area contributed by atoms with Crippen LogP contribution >= 0.6 is 0 Å². The minimum atomic E-state index is -0.381. The Labute approximate surface area is 123 Å². The molecule has 1 atom stereocenters. The van der Waals surface area contributed by atoms with Gasteiger partial charge in [0.15, 0.2) is 0 Å². The first-order valence-electron chi connectivity index (χ1n) is 7.01. The van der Waals surface area contributed by atoms with E-state index in [-0.39, 0.29) is 42.5 Å². The van der Waals surface area contributed by atoms with E-state index >= 15 is 0 Å². The maximum absolute atomic E-state index is 11.6. The summed E-state index contributed by atoms with van der Waals surface area (Å²) in [5, 5.41) is 2.71. The van der Waals surface area contributed by atoms with Crippen LogP contribution in [0.4, 0.5) is 0 Å². The van der Waals surface area contributed by atoms with E-state index in [1.54, 1.807) is 6.92 Å². The Balaban J connectivity index is 2.08. The van der Waals surface area contributed by atoms with Crippen molar-refractivity contribution in [1.82, 2.24) is 10.2 Å². The minimum absolute atomic E-state index is 0.0925. The van der Waals surface area contributed by atoms with Gasteiger partial charge in [0, 0.05) is 37.6 Å². The Morgan fingerprint density at radius 3 is 2.43 bits per heavy atom. The molecule has 0 unspecified atom stereocenters. The molecule has 0 aromatic rings. The molecule has 1 heterocycles. The highest BCUT2D eigenvalue weighted by molar-refractivity contribution is 6.13. The van der Waals surface area contributed by atoms with Crippen molar-refractivity contribution in [2.75, 3.05) is 13.1 Å². The van der Waals surface area contributed by atoms with Gasteiger partial charge in [-0.3, -0.25) is 24.1 Å². The highest BCUT2D eigenvalue weighted by atomic mass is 16.2. The van der Waals surface area contributed by atoms with Crippen LogP contribution in [0.15, 0.2) is 12.2 Å². The lowest BCUT2D eigenvalue weighted by Crippen LogP contribution is -2.35. The van der Waals surface area contributed by atoms with Crippen LogP contribution in [-0.2, 0) is 19.2 Å². The standard InChI is InChI=1S/C14H21N3O4/c1-10(14(15)21)4-2-3-8-16-11(18)7-9-17-12(19)5-6-13(17)20/h5-6,10H,2-4,7-9H2,1H3,(H2,15,21)(H,16,18)/t10-/m0/s1. The van der Waals surface area contributed by atoms with E-state index in [9.17, 15) is 19.2 Å². The third kappa shape index (κ3) is 5.76. The van der Waals surface area contributed by atoms with Gasteiger partial charge < -0.3 is 11.1 Å². The van der Waals surface area contributed by atoms with Crippen molar-refractivity contribution in [3.63, 3.8) is 0 Å². The van der Waals surface area contributed by atoms with E-state index in [0.717, 1.165) is 17.7 Å². The molecule has 0 saturated heterocycles. The lowest BCUT2D eigenvalue weighted by Gasteiger charge is -2.13.